The molecule has 1 N–H and O–H groups in total. The highest BCUT2D eigenvalue weighted by Crippen LogP contribution is 2.22. The normalized spacial score (nSPS) is 10.3. The van der Waals surface area contributed by atoms with Gasteiger partial charge in [-0.1, -0.05) is 18.7 Å². The van der Waals surface area contributed by atoms with Gasteiger partial charge in [-0.05, 0) is 42.8 Å². The Morgan fingerprint density at radius 1 is 1.18 bits per heavy atom. The molecule has 0 bridgehead atoms. The lowest BCUT2D eigenvalue weighted by Crippen LogP contribution is -2.25. The van der Waals surface area contributed by atoms with Crippen LogP contribution in [0.25, 0.3) is 11.3 Å². The molecule has 1 aromatic carbocycles. The number of rotatable bonds is 7. The molecule has 0 aliphatic heterocycles. The highest BCUT2D eigenvalue weighted by atomic mass is 32.2. The predicted octanol–water partition coefficient (Wildman–Crippen LogP) is 2.77. The number of nitrogens with one attached hydrogen (secondary N) is 1. The monoisotopic (exact) mass is 317 g/mol. The van der Waals surface area contributed by atoms with E-state index in [-0.39, 0.29) is 5.91 Å². The van der Waals surface area contributed by atoms with E-state index in [0.717, 1.165) is 28.5 Å². The van der Waals surface area contributed by atoms with E-state index in [1.807, 2.05) is 43.3 Å². The third kappa shape index (κ3) is 4.73. The third-order valence-corrected chi connectivity index (χ3v) is 3.87. The van der Waals surface area contributed by atoms with Gasteiger partial charge >= 0.3 is 0 Å². The molecule has 0 spiro atoms. The quantitative estimate of drug-likeness (QED) is 0.796. The Labute approximate surface area is 134 Å². The van der Waals surface area contributed by atoms with E-state index in [9.17, 15) is 4.79 Å². The first-order valence-corrected chi connectivity index (χ1v) is 8.09. The number of carbonyl (C=O) groups is 1. The maximum absolute atomic E-state index is 11.5. The molecule has 0 saturated carbocycles. The Balaban J connectivity index is 1.93. The van der Waals surface area contributed by atoms with Crippen LogP contribution in [0.1, 0.15) is 13.3 Å². The molecule has 6 heteroatoms. The Morgan fingerprint density at radius 3 is 2.55 bits per heavy atom. The van der Waals surface area contributed by atoms with Crippen LogP contribution in [0.15, 0.2) is 41.4 Å². The summed E-state index contributed by atoms with van der Waals surface area (Å²) in [6, 6.07) is 11.4. The average molecular weight is 317 g/mol. The summed E-state index contributed by atoms with van der Waals surface area (Å²) in [5, 5.41) is 11.9. The molecule has 0 aliphatic rings. The molecule has 1 aromatic heterocycles. The predicted molar refractivity (Wildman–Crippen MR) is 88.0 cm³/mol. The zero-order chi connectivity index (χ0) is 15.8. The van der Waals surface area contributed by atoms with Crippen molar-refractivity contribution in [1.82, 2.24) is 15.5 Å². The summed E-state index contributed by atoms with van der Waals surface area (Å²) in [5.74, 6) is 1.19. The van der Waals surface area contributed by atoms with Crippen molar-refractivity contribution < 1.29 is 9.53 Å². The van der Waals surface area contributed by atoms with Gasteiger partial charge in [0.25, 0.3) is 0 Å². The smallest absolute Gasteiger partial charge is 0.230 e. The fourth-order valence-electron chi connectivity index (χ4n) is 1.77. The molecule has 1 heterocycles. The van der Waals surface area contributed by atoms with Crippen molar-refractivity contribution >= 4 is 17.7 Å². The zero-order valence-corrected chi connectivity index (χ0v) is 13.5. The molecule has 2 aromatic rings. The molecule has 0 unspecified atom stereocenters. The standard InChI is InChI=1S/C16H19N3O2S/c1-3-10-17-15(20)11-22-16-9-8-14(18-19-16)12-4-6-13(21-2)7-5-12/h4-9H,3,10-11H2,1-2H3,(H,17,20). The van der Waals surface area contributed by atoms with Crippen molar-refractivity contribution in [1.29, 1.82) is 0 Å². The van der Waals surface area contributed by atoms with E-state index in [4.69, 9.17) is 4.74 Å². The minimum absolute atomic E-state index is 0.0212. The number of hydrogen-bond donors (Lipinski definition) is 1. The van der Waals surface area contributed by atoms with Crippen LogP contribution in [0.4, 0.5) is 0 Å². The summed E-state index contributed by atoms with van der Waals surface area (Å²) < 4.78 is 5.13. The van der Waals surface area contributed by atoms with Gasteiger partial charge in [0.2, 0.25) is 5.91 Å². The van der Waals surface area contributed by atoms with Crippen LogP contribution in [0.5, 0.6) is 5.75 Å². The first-order chi connectivity index (χ1) is 10.7. The van der Waals surface area contributed by atoms with E-state index in [1.54, 1.807) is 7.11 Å². The second-order valence-corrected chi connectivity index (χ2v) is 5.62. The third-order valence-electron chi connectivity index (χ3n) is 2.95. The maximum Gasteiger partial charge on any atom is 0.230 e. The molecular formula is C16H19N3O2S. The molecular weight excluding hydrogens is 298 g/mol. The number of amides is 1. The number of thioether (sulfide) groups is 1. The number of methoxy groups -OCH3 is 1. The average Bonchev–Trinajstić information content (AvgIpc) is 2.58. The van der Waals surface area contributed by atoms with Crippen molar-refractivity contribution in [3.05, 3.63) is 36.4 Å². The van der Waals surface area contributed by atoms with E-state index < -0.39 is 0 Å². The summed E-state index contributed by atoms with van der Waals surface area (Å²) in [7, 11) is 1.64. The second-order valence-electron chi connectivity index (χ2n) is 4.62. The van der Waals surface area contributed by atoms with Crippen molar-refractivity contribution in [3.63, 3.8) is 0 Å². The van der Waals surface area contributed by atoms with Crippen molar-refractivity contribution in [2.75, 3.05) is 19.4 Å². The molecule has 0 atom stereocenters. The lowest BCUT2D eigenvalue weighted by Gasteiger charge is -2.04. The fraction of sp³-hybridized carbons (Fsp3) is 0.312. The highest BCUT2D eigenvalue weighted by molar-refractivity contribution is 7.99. The maximum atomic E-state index is 11.5. The van der Waals surface area contributed by atoms with E-state index in [0.29, 0.717) is 12.3 Å². The van der Waals surface area contributed by atoms with Crippen LogP contribution in [0.2, 0.25) is 0 Å². The molecule has 116 valence electrons. The Hall–Kier alpha value is -2.08. The van der Waals surface area contributed by atoms with Crippen molar-refractivity contribution in [3.8, 4) is 17.0 Å². The molecule has 0 aliphatic carbocycles. The van der Waals surface area contributed by atoms with Crippen molar-refractivity contribution in [2.45, 2.75) is 18.4 Å². The largest absolute Gasteiger partial charge is 0.497 e. The number of benzene rings is 1. The van der Waals surface area contributed by atoms with E-state index >= 15 is 0 Å². The molecule has 0 fully saturated rings. The van der Waals surface area contributed by atoms with Crippen LogP contribution in [-0.4, -0.2) is 35.5 Å². The van der Waals surface area contributed by atoms with Gasteiger partial charge in [0.1, 0.15) is 10.8 Å². The highest BCUT2D eigenvalue weighted by Gasteiger charge is 2.05. The van der Waals surface area contributed by atoms with E-state index in [1.165, 1.54) is 11.8 Å². The number of nitrogens with zero attached hydrogens (tertiary/aromatic N) is 2. The van der Waals surface area contributed by atoms with Crippen LogP contribution >= 0.6 is 11.8 Å². The second kappa shape index (κ2) is 8.38. The van der Waals surface area contributed by atoms with Gasteiger partial charge in [-0.2, -0.15) is 0 Å². The van der Waals surface area contributed by atoms with Gasteiger partial charge in [-0.3, -0.25) is 4.79 Å². The van der Waals surface area contributed by atoms with Crippen LogP contribution in [-0.2, 0) is 4.79 Å². The number of carbonyl (C=O) groups excluding carboxylic acids is 1. The summed E-state index contributed by atoms with van der Waals surface area (Å²) in [4.78, 5) is 11.5. The van der Waals surface area contributed by atoms with Crippen LogP contribution in [0.3, 0.4) is 0 Å². The lowest BCUT2D eigenvalue weighted by molar-refractivity contribution is -0.118. The summed E-state index contributed by atoms with van der Waals surface area (Å²) in [5.41, 5.74) is 1.77. The van der Waals surface area contributed by atoms with Gasteiger partial charge in [-0.15, -0.1) is 10.2 Å². The van der Waals surface area contributed by atoms with Crippen LogP contribution in [0, 0.1) is 0 Å². The summed E-state index contributed by atoms with van der Waals surface area (Å²) >= 11 is 1.38. The zero-order valence-electron chi connectivity index (χ0n) is 12.7. The lowest BCUT2D eigenvalue weighted by atomic mass is 10.1. The molecule has 22 heavy (non-hydrogen) atoms. The number of hydrogen-bond acceptors (Lipinski definition) is 5. The molecule has 5 nitrogen and oxygen atoms in total. The first kappa shape index (κ1) is 16.3. The Bertz CT molecular complexity index is 600. The van der Waals surface area contributed by atoms with Gasteiger partial charge < -0.3 is 10.1 Å². The van der Waals surface area contributed by atoms with Gasteiger partial charge in [0.15, 0.2) is 0 Å². The van der Waals surface area contributed by atoms with E-state index in [2.05, 4.69) is 15.5 Å². The molecule has 0 radical (unpaired) electrons. The topological polar surface area (TPSA) is 64.1 Å². The van der Waals surface area contributed by atoms with Crippen molar-refractivity contribution in [2.24, 2.45) is 0 Å². The summed E-state index contributed by atoms with van der Waals surface area (Å²) in [6.07, 6.45) is 0.937. The van der Waals surface area contributed by atoms with Gasteiger partial charge in [0, 0.05) is 12.1 Å². The van der Waals surface area contributed by atoms with Gasteiger partial charge in [-0.25, -0.2) is 0 Å². The molecule has 2 rings (SSSR count). The fourth-order valence-corrected chi connectivity index (χ4v) is 2.41. The minimum Gasteiger partial charge on any atom is -0.497 e. The SMILES string of the molecule is CCCNC(=O)CSc1ccc(-c2ccc(OC)cc2)nn1. The van der Waals surface area contributed by atoms with Gasteiger partial charge in [0.05, 0.1) is 18.6 Å². The summed E-state index contributed by atoms with van der Waals surface area (Å²) in [6.45, 7) is 2.73. The Kier molecular flexibility index (Phi) is 6.21. The number of aromatic nitrogens is 2. The van der Waals surface area contributed by atoms with Crippen LogP contribution < -0.4 is 10.1 Å². The Morgan fingerprint density at radius 2 is 1.95 bits per heavy atom. The molecule has 1 amide bonds. The number of ether oxygens (including phenoxy) is 1. The first-order valence-electron chi connectivity index (χ1n) is 7.10. The minimum atomic E-state index is 0.0212. The molecule has 0 saturated heterocycles.